The Kier molecular flexibility index (Phi) is 120. The average Bonchev–Trinajstić information content (AvgIpc) is 2.87. The van der Waals surface area contributed by atoms with Gasteiger partial charge in [-0.1, -0.05) is 60.8 Å². The van der Waals surface area contributed by atoms with Gasteiger partial charge in [0, 0.05) is 116 Å². The van der Waals surface area contributed by atoms with E-state index in [-0.39, 0.29) is 473 Å². The third-order valence-corrected chi connectivity index (χ3v) is 12.6. The van der Waals surface area contributed by atoms with Crippen LogP contribution in [0.25, 0.3) is 0 Å². The normalized spacial score (nSPS) is 11.5. The molecule has 0 unspecified atom stereocenters. The molecule has 54 heteroatoms. The third-order valence-electron chi connectivity index (χ3n) is 6.65. The van der Waals surface area contributed by atoms with Crippen molar-refractivity contribution in [3.63, 3.8) is 0 Å². The molecule has 0 bridgehead atoms. The fourth-order valence-corrected chi connectivity index (χ4v) is 11.1. The van der Waals surface area contributed by atoms with Crippen molar-refractivity contribution in [2.75, 3.05) is 116 Å². The largest absolute Gasteiger partial charge is 1.00 e. The molecule has 0 saturated heterocycles. The first kappa shape index (κ1) is 133. The first-order valence-corrected chi connectivity index (χ1v) is 28.9. The van der Waals surface area contributed by atoms with Crippen molar-refractivity contribution >= 4 is 60.8 Å². The molecule has 338 valence electrons. The summed E-state index contributed by atoms with van der Waals surface area (Å²) in [4.78, 5) is 185. The maximum atomic E-state index is 11.6. The van der Waals surface area contributed by atoms with Gasteiger partial charge >= 0.3 is 473 Å². The second-order valence-electron chi connectivity index (χ2n) is 12.3. The van der Waals surface area contributed by atoms with Crippen LogP contribution in [0.3, 0.4) is 0 Å². The minimum Gasteiger partial charge on any atom is -0.810 e. The van der Waals surface area contributed by atoms with Crippen LogP contribution < -0.4 is 551 Å². The van der Waals surface area contributed by atoms with E-state index < -0.39 is 177 Å². The van der Waals surface area contributed by atoms with Crippen LogP contribution in [-0.2, 0) is 36.5 Å². The Morgan fingerprint density at radius 3 is 0.319 bits per heavy atom. The molecule has 0 saturated carbocycles. The summed E-state index contributed by atoms with van der Waals surface area (Å²) in [7, 11) is -44.1. The van der Waals surface area contributed by atoms with E-state index in [2.05, 4.69) is 0 Å². The van der Waals surface area contributed by atoms with E-state index in [1.54, 1.807) is 0 Å². The molecule has 0 heterocycles. The predicted molar refractivity (Wildman–Crippen MR) is 159 cm³/mol. The van der Waals surface area contributed by atoms with E-state index in [0.29, 0.717) is 19.6 Å². The molecule has 0 N–H and O–H groups in total. The van der Waals surface area contributed by atoms with Crippen LogP contribution in [0.1, 0.15) is 0 Å². The van der Waals surface area contributed by atoms with Crippen molar-refractivity contribution in [1.82, 2.24) is 29.4 Å². The third kappa shape index (κ3) is 95.7. The quantitative estimate of drug-likeness (QED) is 0.0459. The van der Waals surface area contributed by atoms with Crippen LogP contribution >= 0.6 is 60.8 Å². The fourth-order valence-electron chi connectivity index (χ4n) is 4.76. The van der Waals surface area contributed by atoms with Gasteiger partial charge in [0.25, 0.3) is 0 Å². The average molecular weight is 1340 g/mol. The van der Waals surface area contributed by atoms with Gasteiger partial charge in [0.15, 0.2) is 0 Å². The van der Waals surface area contributed by atoms with Gasteiger partial charge < -0.3 is 115 Å². The van der Waals surface area contributed by atoms with Crippen LogP contribution in [0.2, 0.25) is 0 Å². The van der Waals surface area contributed by atoms with Crippen molar-refractivity contribution in [3.8, 4) is 0 Å². The molecule has 0 radical (unpaired) electrons. The minimum absolute atomic E-state index is 0. The molecule has 0 aromatic carbocycles. The van der Waals surface area contributed by atoms with Gasteiger partial charge in [0.2, 0.25) is 0 Å². The first-order chi connectivity index (χ1) is 24.7. The molecule has 0 fully saturated rings. The summed E-state index contributed by atoms with van der Waals surface area (Å²) in [5.74, 6) is 0. The van der Waals surface area contributed by atoms with Crippen molar-refractivity contribution in [1.29, 1.82) is 0 Å². The summed E-state index contributed by atoms with van der Waals surface area (Å²) < 4.78 is 91.0. The molecule has 72 heavy (non-hydrogen) atoms. The maximum absolute atomic E-state index is 11.6. The van der Waals surface area contributed by atoms with Crippen LogP contribution in [0, 0.1) is 0 Å². The van der Waals surface area contributed by atoms with E-state index in [1.807, 2.05) is 0 Å². The summed E-state index contributed by atoms with van der Waals surface area (Å²) >= 11 is 0. The van der Waals surface area contributed by atoms with E-state index in [9.17, 15) is 115 Å². The predicted octanol–water partition coefficient (Wildman–Crippen LogP) is -62.2. The second-order valence-corrected chi connectivity index (χ2v) is 24.3. The molecule has 30 nitrogen and oxygen atoms in total. The van der Waals surface area contributed by atoms with E-state index in [4.69, 9.17) is 0 Å². The molecule has 0 aliphatic heterocycles. The SMILES string of the molecule is O=P([O-])([O-])CN(CCN(CCN(CCN(CP(=O)([O-])[O-])CP(=O)([O-])[O-])CP(=O)([O-])[O-])CP(=O)([O-])[O-])CCN(CCN(CP(=O)([O-])[O-])CP(=O)([O-])[O-])CP(=O)([O-])[O-].[Na+].[Na+].[Na+].[Na+].[Na+].[Na+].[Na+].[Na+].[Na+].[Na+].[Na+].[Na+].[Na+].[Na+].[Na+].[Na+]. The summed E-state index contributed by atoms with van der Waals surface area (Å²) in [6.07, 6.45) is -11.6. The van der Waals surface area contributed by atoms with Crippen LogP contribution in [0.15, 0.2) is 0 Å². The molecule has 0 aliphatic rings. The van der Waals surface area contributed by atoms with Crippen molar-refractivity contribution in [2.24, 2.45) is 0 Å². The number of nitrogens with zero attached hydrogens (tertiary/aromatic N) is 6. The zero-order valence-electron chi connectivity index (χ0n) is 44.8. The molecule has 0 aromatic rings. The summed E-state index contributed by atoms with van der Waals surface area (Å²) in [6, 6.07) is 0. The summed E-state index contributed by atoms with van der Waals surface area (Å²) in [5.41, 5.74) is 0. The Morgan fingerprint density at radius 1 is 0.167 bits per heavy atom. The topological polar surface area (TPSA) is 525 Å². The van der Waals surface area contributed by atoms with Crippen LogP contribution in [-0.4, -0.2) is 145 Å². The van der Waals surface area contributed by atoms with Gasteiger partial charge in [-0.05, 0) is 0 Å². The van der Waals surface area contributed by atoms with E-state index >= 15 is 0 Å². The molecule has 0 rings (SSSR count). The zero-order chi connectivity index (χ0) is 44.2. The fraction of sp³-hybridized carbons (Fsp3) is 1.00. The van der Waals surface area contributed by atoms with Gasteiger partial charge in [-0.3, -0.25) is 29.4 Å². The smallest absolute Gasteiger partial charge is 0.810 e. The van der Waals surface area contributed by atoms with E-state index in [1.165, 1.54) is 0 Å². The Balaban J connectivity index is -0.000000126. The van der Waals surface area contributed by atoms with Gasteiger partial charge in [-0.25, -0.2) is 0 Å². The molecular weight excluding hydrogens is 1300 g/mol. The molecule has 0 aromatic heterocycles. The van der Waals surface area contributed by atoms with Crippen molar-refractivity contribution in [2.45, 2.75) is 0 Å². The Labute approximate surface area is 775 Å². The maximum Gasteiger partial charge on any atom is 1.00 e. The van der Waals surface area contributed by atoms with Crippen molar-refractivity contribution in [3.05, 3.63) is 0 Å². The monoisotopic (exact) mass is 1340 g/mol. The second kappa shape index (κ2) is 65.3. The minimum atomic E-state index is -5.52. The van der Waals surface area contributed by atoms with E-state index in [0.717, 1.165) is 9.80 Å². The summed E-state index contributed by atoms with van der Waals surface area (Å²) in [6.45, 7) is -7.35. The summed E-state index contributed by atoms with van der Waals surface area (Å²) in [5, 5.41) is 0. The standard InChI is InChI=1S/C18H52N6O24P8.16Na/c25-49(26,27)11-19(3-5-21(13-51(31,32)33)7-9-23(15-53(37,38)39)16-54(40,41)42)1-2-20(12-50(28,29)30)4-6-22(14-52(34,35)36)8-10-24(17-55(43,44)45)18-56(46,47)48;;;;;;;;;;;;;;;;/h1-18H2,(H2,25,26,27)(H2,28,29,30)(H2,31,32,33)(H2,34,35,36)(H2,37,38,39)(H2,40,41,42)(H2,43,44,45)(H2,46,47,48);;;;;;;;;;;;;;;;/q;16*+1/p-16. The number of hydrogen-bond acceptors (Lipinski definition) is 30. The molecule has 0 spiro atoms. The Hall–Kier alpha value is 17.0. The Bertz CT molecular complexity index is 1490. The Morgan fingerprint density at radius 2 is 0.236 bits per heavy atom. The van der Waals surface area contributed by atoms with Gasteiger partial charge in [-0.15, -0.1) is 0 Å². The molecular formula is C18H36N6Na16O24P8. The van der Waals surface area contributed by atoms with Gasteiger partial charge in [0.05, 0.1) is 0 Å². The van der Waals surface area contributed by atoms with Gasteiger partial charge in [0.1, 0.15) is 0 Å². The van der Waals surface area contributed by atoms with Crippen LogP contribution in [0.4, 0.5) is 0 Å². The van der Waals surface area contributed by atoms with Gasteiger partial charge in [-0.2, -0.15) is 0 Å². The zero-order valence-corrected chi connectivity index (χ0v) is 83.9. The van der Waals surface area contributed by atoms with Crippen LogP contribution in [0.5, 0.6) is 0 Å². The van der Waals surface area contributed by atoms with Crippen molar-refractivity contribution < 1.29 is 588 Å². The molecule has 0 atom stereocenters. The molecule has 0 aliphatic carbocycles. The molecule has 0 amide bonds. The number of hydrogen-bond donors (Lipinski definition) is 0. The first-order valence-electron chi connectivity index (χ1n) is 15.1. The number of rotatable bonds is 31.